The number of nitrogens with zero attached hydrogens (tertiary/aromatic N) is 3. The number of nitrogens with one attached hydrogen (secondary N) is 1. The Labute approximate surface area is 120 Å². The van der Waals surface area contributed by atoms with Gasteiger partial charge in [0.15, 0.2) is 0 Å². The van der Waals surface area contributed by atoms with Crippen LogP contribution in [0.4, 0.5) is 0 Å². The molecule has 2 unspecified atom stereocenters. The topological polar surface area (TPSA) is 55.9 Å². The van der Waals surface area contributed by atoms with E-state index in [0.717, 1.165) is 58.5 Å². The van der Waals surface area contributed by atoms with E-state index in [2.05, 4.69) is 10.2 Å². The summed E-state index contributed by atoms with van der Waals surface area (Å²) in [6.07, 6.45) is 2.78. The third-order valence-corrected chi connectivity index (χ3v) is 4.81. The average Bonchev–Trinajstić information content (AvgIpc) is 3.07. The Morgan fingerprint density at radius 2 is 1.90 bits per heavy atom. The molecule has 6 nitrogen and oxygen atoms in total. The van der Waals surface area contributed by atoms with Crippen molar-refractivity contribution in [1.82, 2.24) is 20.0 Å². The lowest BCUT2D eigenvalue weighted by molar-refractivity contribution is -0.139. The minimum absolute atomic E-state index is 0.0700. The van der Waals surface area contributed by atoms with E-state index >= 15 is 0 Å². The van der Waals surface area contributed by atoms with Crippen LogP contribution in [0, 0.1) is 0 Å². The molecule has 3 saturated heterocycles. The van der Waals surface area contributed by atoms with Gasteiger partial charge in [-0.25, -0.2) is 0 Å². The number of carbonyl (C=O) groups is 2. The molecule has 0 spiro atoms. The number of hydrogen-bond acceptors (Lipinski definition) is 4. The molecule has 3 aliphatic heterocycles. The monoisotopic (exact) mass is 280 g/mol. The minimum atomic E-state index is -0.0754. The van der Waals surface area contributed by atoms with Crippen LogP contribution in [0.5, 0.6) is 0 Å². The molecule has 6 heteroatoms. The first-order valence-electron chi connectivity index (χ1n) is 7.68. The summed E-state index contributed by atoms with van der Waals surface area (Å²) in [6, 6.07) is -0.145. The van der Waals surface area contributed by atoms with E-state index in [0.29, 0.717) is 0 Å². The van der Waals surface area contributed by atoms with E-state index in [4.69, 9.17) is 0 Å². The third kappa shape index (κ3) is 2.42. The van der Waals surface area contributed by atoms with Gasteiger partial charge in [-0.15, -0.1) is 0 Å². The molecule has 3 aliphatic rings. The number of likely N-dealkylation sites (tertiary alicyclic amines) is 2. The molecule has 0 aromatic heterocycles. The normalized spacial score (nSPS) is 32.1. The lowest BCUT2D eigenvalue weighted by Crippen LogP contribution is -2.55. The molecule has 0 radical (unpaired) electrons. The quantitative estimate of drug-likeness (QED) is 0.713. The minimum Gasteiger partial charge on any atom is -0.344 e. The predicted octanol–water partition coefficient (Wildman–Crippen LogP) is -0.887. The van der Waals surface area contributed by atoms with Crippen molar-refractivity contribution in [3.8, 4) is 0 Å². The zero-order valence-electron chi connectivity index (χ0n) is 12.2. The van der Waals surface area contributed by atoms with Crippen LogP contribution in [0.1, 0.15) is 19.3 Å². The van der Waals surface area contributed by atoms with Gasteiger partial charge in [0.25, 0.3) is 0 Å². The number of carbonyl (C=O) groups excluding carboxylic acids is 2. The molecule has 0 saturated carbocycles. The highest BCUT2D eigenvalue weighted by Gasteiger charge is 2.43. The number of hydrogen-bond donors (Lipinski definition) is 1. The van der Waals surface area contributed by atoms with Crippen molar-refractivity contribution in [2.45, 2.75) is 31.3 Å². The SMILES string of the molecule is CN1CCC(N2CCCC2C(=O)N2CCNCC2)C1=O. The fourth-order valence-corrected chi connectivity index (χ4v) is 3.63. The second-order valence-electron chi connectivity index (χ2n) is 6.04. The summed E-state index contributed by atoms with van der Waals surface area (Å²) < 4.78 is 0. The Hall–Kier alpha value is -1.14. The molecule has 2 atom stereocenters. The van der Waals surface area contributed by atoms with Crippen molar-refractivity contribution in [2.24, 2.45) is 0 Å². The van der Waals surface area contributed by atoms with Gasteiger partial charge in [0.2, 0.25) is 11.8 Å². The highest BCUT2D eigenvalue weighted by molar-refractivity contribution is 5.86. The summed E-state index contributed by atoms with van der Waals surface area (Å²) in [4.78, 5) is 30.8. The molecule has 0 aromatic carbocycles. The molecular formula is C14H24N4O2. The largest absolute Gasteiger partial charge is 0.344 e. The Kier molecular flexibility index (Phi) is 3.94. The standard InChI is InChI=1S/C14H24N4O2/c1-16-8-4-12(13(16)19)18-7-2-3-11(18)14(20)17-9-5-15-6-10-17/h11-12,15H,2-10H2,1H3. The van der Waals surface area contributed by atoms with Gasteiger partial charge in [0.05, 0.1) is 12.1 Å². The van der Waals surface area contributed by atoms with Gasteiger partial charge >= 0.3 is 0 Å². The van der Waals surface area contributed by atoms with Gasteiger partial charge < -0.3 is 15.1 Å². The molecular weight excluding hydrogens is 256 g/mol. The Balaban J connectivity index is 1.69. The van der Waals surface area contributed by atoms with Crippen LogP contribution >= 0.6 is 0 Å². The number of rotatable bonds is 2. The zero-order valence-corrected chi connectivity index (χ0v) is 12.2. The number of amides is 2. The van der Waals surface area contributed by atoms with Crippen LogP contribution < -0.4 is 5.32 Å². The van der Waals surface area contributed by atoms with E-state index < -0.39 is 0 Å². The predicted molar refractivity (Wildman–Crippen MR) is 75.2 cm³/mol. The summed E-state index contributed by atoms with van der Waals surface area (Å²) in [6.45, 7) is 5.04. The van der Waals surface area contributed by atoms with E-state index in [9.17, 15) is 9.59 Å². The van der Waals surface area contributed by atoms with Gasteiger partial charge in [-0.05, 0) is 25.8 Å². The van der Waals surface area contributed by atoms with Gasteiger partial charge in [0, 0.05) is 39.8 Å². The molecule has 0 bridgehead atoms. The van der Waals surface area contributed by atoms with Crippen LogP contribution in [0.2, 0.25) is 0 Å². The molecule has 0 aliphatic carbocycles. The van der Waals surface area contributed by atoms with Crippen molar-refractivity contribution < 1.29 is 9.59 Å². The third-order valence-electron chi connectivity index (χ3n) is 4.81. The Bertz CT molecular complexity index is 395. The lowest BCUT2D eigenvalue weighted by Gasteiger charge is -2.34. The van der Waals surface area contributed by atoms with E-state index in [1.807, 2.05) is 11.9 Å². The van der Waals surface area contributed by atoms with Crippen molar-refractivity contribution in [3.05, 3.63) is 0 Å². The average molecular weight is 280 g/mol. The smallest absolute Gasteiger partial charge is 0.240 e. The lowest BCUT2D eigenvalue weighted by atomic mass is 10.1. The molecule has 2 amide bonds. The fourth-order valence-electron chi connectivity index (χ4n) is 3.63. The molecule has 3 heterocycles. The number of piperazine rings is 1. The molecule has 112 valence electrons. The highest BCUT2D eigenvalue weighted by Crippen LogP contribution is 2.27. The molecule has 1 N–H and O–H groups in total. The van der Waals surface area contributed by atoms with Crippen LogP contribution in [-0.4, -0.2) is 84.9 Å². The van der Waals surface area contributed by atoms with Crippen molar-refractivity contribution >= 4 is 11.8 Å². The zero-order chi connectivity index (χ0) is 14.1. The summed E-state index contributed by atoms with van der Waals surface area (Å²) in [5.41, 5.74) is 0. The van der Waals surface area contributed by atoms with Crippen molar-refractivity contribution in [3.63, 3.8) is 0 Å². The Morgan fingerprint density at radius 1 is 1.15 bits per heavy atom. The maximum absolute atomic E-state index is 12.7. The molecule has 3 rings (SSSR count). The number of likely N-dealkylation sites (N-methyl/N-ethyl adjacent to an activating group) is 1. The van der Waals surface area contributed by atoms with Gasteiger partial charge in [-0.2, -0.15) is 0 Å². The first kappa shape index (κ1) is 13.8. The second kappa shape index (κ2) is 5.69. The highest BCUT2D eigenvalue weighted by atomic mass is 16.2. The van der Waals surface area contributed by atoms with E-state index in [1.165, 1.54) is 0 Å². The van der Waals surface area contributed by atoms with E-state index in [-0.39, 0.29) is 23.9 Å². The first-order chi connectivity index (χ1) is 9.68. The van der Waals surface area contributed by atoms with Crippen LogP contribution in [0.3, 0.4) is 0 Å². The van der Waals surface area contributed by atoms with Crippen molar-refractivity contribution in [2.75, 3.05) is 46.3 Å². The molecule has 3 fully saturated rings. The molecule has 0 aromatic rings. The maximum Gasteiger partial charge on any atom is 0.240 e. The van der Waals surface area contributed by atoms with Gasteiger partial charge in [0.1, 0.15) is 0 Å². The van der Waals surface area contributed by atoms with Crippen LogP contribution in [0.25, 0.3) is 0 Å². The van der Waals surface area contributed by atoms with E-state index in [1.54, 1.807) is 4.90 Å². The summed E-state index contributed by atoms with van der Waals surface area (Å²) >= 11 is 0. The second-order valence-corrected chi connectivity index (χ2v) is 6.04. The fraction of sp³-hybridized carbons (Fsp3) is 0.857. The Morgan fingerprint density at radius 3 is 2.55 bits per heavy atom. The van der Waals surface area contributed by atoms with Gasteiger partial charge in [-0.1, -0.05) is 0 Å². The summed E-state index contributed by atoms with van der Waals surface area (Å²) in [7, 11) is 1.85. The van der Waals surface area contributed by atoms with Crippen molar-refractivity contribution in [1.29, 1.82) is 0 Å². The van der Waals surface area contributed by atoms with Crippen LogP contribution in [-0.2, 0) is 9.59 Å². The maximum atomic E-state index is 12.7. The van der Waals surface area contributed by atoms with Gasteiger partial charge in [-0.3, -0.25) is 14.5 Å². The molecule has 20 heavy (non-hydrogen) atoms. The summed E-state index contributed by atoms with van der Waals surface area (Å²) in [5.74, 6) is 0.413. The summed E-state index contributed by atoms with van der Waals surface area (Å²) in [5, 5.41) is 3.27. The first-order valence-corrected chi connectivity index (χ1v) is 7.68. The van der Waals surface area contributed by atoms with Crippen LogP contribution in [0.15, 0.2) is 0 Å².